The van der Waals surface area contributed by atoms with Crippen molar-refractivity contribution in [2.75, 3.05) is 34.5 Å². The maximum absolute atomic E-state index is 11.8. The number of amides is 1. The van der Waals surface area contributed by atoms with Crippen LogP contribution >= 0.6 is 0 Å². The first-order chi connectivity index (χ1) is 10.6. The van der Waals surface area contributed by atoms with E-state index < -0.39 is 5.97 Å². The van der Waals surface area contributed by atoms with Gasteiger partial charge in [0.25, 0.3) is 5.91 Å². The van der Waals surface area contributed by atoms with Crippen LogP contribution in [0.1, 0.15) is 23.7 Å². The fraction of sp³-hybridized carbons (Fsp3) is 0.467. The van der Waals surface area contributed by atoms with Crippen LogP contribution in [0.25, 0.3) is 0 Å². The van der Waals surface area contributed by atoms with Crippen LogP contribution in [0.5, 0.6) is 17.2 Å². The van der Waals surface area contributed by atoms with Gasteiger partial charge in [-0.05, 0) is 18.6 Å². The average Bonchev–Trinajstić information content (AvgIpc) is 2.56. The number of hydrogen-bond acceptors (Lipinski definition) is 6. The van der Waals surface area contributed by atoms with Gasteiger partial charge in [0.15, 0.2) is 18.1 Å². The predicted octanol–water partition coefficient (Wildman–Crippen LogP) is 1.40. The van der Waals surface area contributed by atoms with E-state index in [1.807, 2.05) is 6.92 Å². The molecule has 1 aromatic rings. The maximum Gasteiger partial charge on any atom is 0.341 e. The summed E-state index contributed by atoms with van der Waals surface area (Å²) in [6.07, 6.45) is 0.821. The van der Waals surface area contributed by atoms with Crippen molar-refractivity contribution >= 4 is 11.9 Å². The van der Waals surface area contributed by atoms with Gasteiger partial charge in [0.1, 0.15) is 5.56 Å². The molecule has 0 heterocycles. The van der Waals surface area contributed by atoms with Crippen molar-refractivity contribution in [3.05, 3.63) is 17.7 Å². The van der Waals surface area contributed by atoms with Crippen LogP contribution in [-0.2, 0) is 9.53 Å². The van der Waals surface area contributed by atoms with Gasteiger partial charge >= 0.3 is 5.97 Å². The second-order valence-corrected chi connectivity index (χ2v) is 4.31. The van der Waals surface area contributed by atoms with Gasteiger partial charge in [-0.25, -0.2) is 4.79 Å². The molecule has 0 aliphatic heterocycles. The van der Waals surface area contributed by atoms with Crippen LogP contribution in [0.3, 0.4) is 0 Å². The van der Waals surface area contributed by atoms with Crippen molar-refractivity contribution in [3.8, 4) is 17.2 Å². The third kappa shape index (κ3) is 4.28. The van der Waals surface area contributed by atoms with Crippen molar-refractivity contribution in [2.24, 2.45) is 0 Å². The molecular weight excluding hydrogens is 290 g/mol. The minimum Gasteiger partial charge on any atom is -0.493 e. The Morgan fingerprint density at radius 1 is 1.09 bits per heavy atom. The summed E-state index contributed by atoms with van der Waals surface area (Å²) >= 11 is 0. The number of hydrogen-bond donors (Lipinski definition) is 1. The number of benzene rings is 1. The zero-order valence-electron chi connectivity index (χ0n) is 13.2. The normalized spacial score (nSPS) is 9.82. The predicted molar refractivity (Wildman–Crippen MR) is 79.7 cm³/mol. The highest BCUT2D eigenvalue weighted by Crippen LogP contribution is 2.40. The van der Waals surface area contributed by atoms with E-state index >= 15 is 0 Å². The number of methoxy groups -OCH3 is 3. The van der Waals surface area contributed by atoms with Gasteiger partial charge in [-0.3, -0.25) is 4.79 Å². The van der Waals surface area contributed by atoms with E-state index in [0.717, 1.165) is 6.42 Å². The molecule has 7 nitrogen and oxygen atoms in total. The zero-order valence-corrected chi connectivity index (χ0v) is 13.2. The fourth-order valence-corrected chi connectivity index (χ4v) is 1.77. The van der Waals surface area contributed by atoms with Gasteiger partial charge < -0.3 is 24.3 Å². The van der Waals surface area contributed by atoms with Crippen LogP contribution < -0.4 is 19.5 Å². The zero-order chi connectivity index (χ0) is 16.5. The summed E-state index contributed by atoms with van der Waals surface area (Å²) in [5, 5.41) is 2.68. The van der Waals surface area contributed by atoms with E-state index in [9.17, 15) is 9.59 Å². The summed E-state index contributed by atoms with van der Waals surface area (Å²) in [6.45, 7) is 2.26. The molecule has 1 rings (SSSR count). The molecule has 0 radical (unpaired) electrons. The minimum absolute atomic E-state index is 0.111. The lowest BCUT2D eigenvalue weighted by atomic mass is 10.1. The van der Waals surface area contributed by atoms with Crippen LogP contribution in [0.15, 0.2) is 12.1 Å². The van der Waals surface area contributed by atoms with Crippen LogP contribution in [0, 0.1) is 0 Å². The Morgan fingerprint density at radius 3 is 2.36 bits per heavy atom. The van der Waals surface area contributed by atoms with E-state index in [4.69, 9.17) is 18.9 Å². The molecule has 0 aliphatic carbocycles. The van der Waals surface area contributed by atoms with Crippen molar-refractivity contribution in [1.29, 1.82) is 0 Å². The molecule has 1 amide bonds. The van der Waals surface area contributed by atoms with Gasteiger partial charge in [0.2, 0.25) is 5.75 Å². The number of ether oxygens (including phenoxy) is 4. The summed E-state index contributed by atoms with van der Waals surface area (Å²) in [4.78, 5) is 23.5. The van der Waals surface area contributed by atoms with E-state index in [2.05, 4.69) is 5.32 Å². The molecule has 1 N–H and O–H groups in total. The molecule has 22 heavy (non-hydrogen) atoms. The number of carbonyl (C=O) groups excluding carboxylic acids is 2. The Bertz CT molecular complexity index is 529. The SMILES string of the molecule is CCCNC(=O)COc1c(C(=O)OC)ccc(OC)c1OC. The molecule has 0 atom stereocenters. The van der Waals surface area contributed by atoms with Gasteiger partial charge in [-0.2, -0.15) is 0 Å². The highest BCUT2D eigenvalue weighted by molar-refractivity contribution is 5.94. The number of esters is 1. The highest BCUT2D eigenvalue weighted by atomic mass is 16.5. The Labute approximate surface area is 129 Å². The largest absolute Gasteiger partial charge is 0.493 e. The molecule has 0 spiro atoms. The maximum atomic E-state index is 11.8. The molecule has 0 fully saturated rings. The third-order valence-corrected chi connectivity index (χ3v) is 2.83. The van der Waals surface area contributed by atoms with Crippen LogP contribution in [0.4, 0.5) is 0 Å². The van der Waals surface area contributed by atoms with Crippen molar-refractivity contribution in [3.63, 3.8) is 0 Å². The number of nitrogens with one attached hydrogen (secondary N) is 1. The standard InChI is InChI=1S/C15H21NO6/c1-5-8-16-12(17)9-22-13-10(15(18)21-4)6-7-11(19-2)14(13)20-3/h6-7H,5,8-9H2,1-4H3,(H,16,17). The fourth-order valence-electron chi connectivity index (χ4n) is 1.77. The monoisotopic (exact) mass is 311 g/mol. The third-order valence-electron chi connectivity index (χ3n) is 2.83. The smallest absolute Gasteiger partial charge is 0.341 e. The quantitative estimate of drug-likeness (QED) is 0.731. The van der Waals surface area contributed by atoms with Crippen LogP contribution in [0.2, 0.25) is 0 Å². The number of carbonyl (C=O) groups is 2. The molecule has 0 aliphatic rings. The van der Waals surface area contributed by atoms with Crippen molar-refractivity contribution in [2.45, 2.75) is 13.3 Å². The van der Waals surface area contributed by atoms with E-state index in [1.54, 1.807) is 6.07 Å². The van der Waals surface area contributed by atoms with Gasteiger partial charge in [-0.1, -0.05) is 6.92 Å². The summed E-state index contributed by atoms with van der Waals surface area (Å²) < 4.78 is 20.6. The minimum atomic E-state index is -0.593. The molecule has 122 valence electrons. The molecule has 0 aromatic heterocycles. The van der Waals surface area contributed by atoms with Gasteiger partial charge in [-0.15, -0.1) is 0 Å². The molecule has 0 saturated heterocycles. The lowest BCUT2D eigenvalue weighted by molar-refractivity contribution is -0.123. The lowest BCUT2D eigenvalue weighted by Gasteiger charge is -2.16. The Kier molecular flexibility index (Phi) is 7.01. The van der Waals surface area contributed by atoms with Crippen molar-refractivity contribution in [1.82, 2.24) is 5.32 Å². The molecule has 0 bridgehead atoms. The first kappa shape index (κ1) is 17.6. The molecule has 0 saturated carbocycles. The second-order valence-electron chi connectivity index (χ2n) is 4.31. The summed E-state index contributed by atoms with van der Waals surface area (Å²) in [7, 11) is 4.15. The molecule has 1 aromatic carbocycles. The van der Waals surface area contributed by atoms with E-state index in [-0.39, 0.29) is 29.6 Å². The molecular formula is C15H21NO6. The average molecular weight is 311 g/mol. The summed E-state index contributed by atoms with van der Waals surface area (Å²) in [6, 6.07) is 3.06. The van der Waals surface area contributed by atoms with Crippen molar-refractivity contribution < 1.29 is 28.5 Å². The Hall–Kier alpha value is -2.44. The van der Waals surface area contributed by atoms with E-state index in [1.165, 1.54) is 27.4 Å². The summed E-state index contributed by atoms with van der Waals surface area (Å²) in [5.41, 5.74) is 0.156. The van der Waals surface area contributed by atoms with E-state index in [0.29, 0.717) is 12.3 Å². The first-order valence-corrected chi connectivity index (χ1v) is 6.81. The lowest BCUT2D eigenvalue weighted by Crippen LogP contribution is -2.29. The topological polar surface area (TPSA) is 83.1 Å². The van der Waals surface area contributed by atoms with Gasteiger partial charge in [0.05, 0.1) is 21.3 Å². The number of rotatable bonds is 8. The summed E-state index contributed by atoms with van der Waals surface area (Å²) in [5.74, 6) is -0.152. The Morgan fingerprint density at radius 2 is 1.82 bits per heavy atom. The Balaban J connectivity index is 3.06. The first-order valence-electron chi connectivity index (χ1n) is 6.81. The highest BCUT2D eigenvalue weighted by Gasteiger charge is 2.22. The molecule has 7 heteroatoms. The van der Waals surface area contributed by atoms with Crippen LogP contribution in [-0.4, -0.2) is 46.4 Å². The van der Waals surface area contributed by atoms with Gasteiger partial charge in [0, 0.05) is 6.54 Å². The molecule has 0 unspecified atom stereocenters. The second kappa shape index (κ2) is 8.76.